The Morgan fingerprint density at radius 1 is 1.21 bits per heavy atom. The smallest absolute Gasteiger partial charge is 0.191 e. The molecule has 132 valence electrons. The number of aliphatic imine (C=N–C) groups is 1. The summed E-state index contributed by atoms with van der Waals surface area (Å²) in [6, 6.07) is 10.2. The highest BCUT2D eigenvalue weighted by Gasteiger charge is 2.16. The van der Waals surface area contributed by atoms with Gasteiger partial charge in [0.15, 0.2) is 5.96 Å². The van der Waals surface area contributed by atoms with Crippen LogP contribution < -0.4 is 10.6 Å². The topological polar surface area (TPSA) is 58.5 Å². The first-order chi connectivity index (χ1) is 11.1. The van der Waals surface area contributed by atoms with Gasteiger partial charge in [0.25, 0.3) is 0 Å². The van der Waals surface area contributed by atoms with Crippen LogP contribution in [0.15, 0.2) is 41.5 Å². The van der Waals surface area contributed by atoms with Crippen molar-refractivity contribution < 1.29 is 4.74 Å². The Morgan fingerprint density at radius 2 is 1.96 bits per heavy atom. The van der Waals surface area contributed by atoms with Crippen molar-refractivity contribution in [3.05, 3.63) is 42.1 Å². The lowest BCUT2D eigenvalue weighted by molar-refractivity contribution is 0.0268. The lowest BCUT2D eigenvalue weighted by atomic mass is 10.1. The number of hydrogen-bond donors (Lipinski definition) is 2. The standard InChI is InChI=1S/C18H26N4O.HI/c1-5-19-17(22-13-18(2,3)23-4)21-12-15-9-6-8-14-10-7-11-20-16(14)15;/h6-11H,5,12-13H2,1-4H3,(H2,19,21,22);1H. The van der Waals surface area contributed by atoms with Crippen LogP contribution >= 0.6 is 24.0 Å². The van der Waals surface area contributed by atoms with E-state index in [1.165, 1.54) is 0 Å². The molecular weight excluding hydrogens is 415 g/mol. The van der Waals surface area contributed by atoms with E-state index in [1.54, 1.807) is 7.11 Å². The average Bonchev–Trinajstić information content (AvgIpc) is 2.57. The molecule has 0 radical (unpaired) electrons. The van der Waals surface area contributed by atoms with Gasteiger partial charge < -0.3 is 15.4 Å². The first-order valence-electron chi connectivity index (χ1n) is 7.95. The van der Waals surface area contributed by atoms with E-state index in [1.807, 2.05) is 32.2 Å². The van der Waals surface area contributed by atoms with Crippen LogP contribution in [0.2, 0.25) is 0 Å². The third-order valence-electron chi connectivity index (χ3n) is 3.70. The minimum Gasteiger partial charge on any atom is -0.377 e. The van der Waals surface area contributed by atoms with Gasteiger partial charge in [0.2, 0.25) is 0 Å². The summed E-state index contributed by atoms with van der Waals surface area (Å²) in [5.41, 5.74) is 1.88. The van der Waals surface area contributed by atoms with E-state index >= 15 is 0 Å². The summed E-state index contributed by atoms with van der Waals surface area (Å²) in [7, 11) is 1.72. The lowest BCUT2D eigenvalue weighted by Crippen LogP contribution is -2.45. The number of guanidine groups is 1. The van der Waals surface area contributed by atoms with E-state index in [0.29, 0.717) is 13.1 Å². The number of benzene rings is 1. The molecule has 0 fully saturated rings. The van der Waals surface area contributed by atoms with Gasteiger partial charge in [-0.15, -0.1) is 24.0 Å². The molecule has 0 aliphatic carbocycles. The minimum absolute atomic E-state index is 0. The van der Waals surface area contributed by atoms with Crippen LogP contribution in [0.3, 0.4) is 0 Å². The third kappa shape index (κ3) is 5.90. The average molecular weight is 442 g/mol. The first-order valence-corrected chi connectivity index (χ1v) is 7.95. The molecule has 2 aromatic rings. The zero-order valence-electron chi connectivity index (χ0n) is 14.8. The number of halogens is 1. The molecule has 1 aromatic carbocycles. The zero-order valence-corrected chi connectivity index (χ0v) is 17.1. The lowest BCUT2D eigenvalue weighted by Gasteiger charge is -2.24. The molecule has 2 rings (SSSR count). The molecule has 0 spiro atoms. The van der Waals surface area contributed by atoms with Gasteiger partial charge in [-0.3, -0.25) is 4.98 Å². The monoisotopic (exact) mass is 442 g/mol. The van der Waals surface area contributed by atoms with Crippen molar-refractivity contribution in [2.45, 2.75) is 32.9 Å². The van der Waals surface area contributed by atoms with Crippen molar-refractivity contribution in [2.24, 2.45) is 4.99 Å². The molecule has 24 heavy (non-hydrogen) atoms. The number of para-hydroxylation sites is 1. The van der Waals surface area contributed by atoms with Gasteiger partial charge in [-0.2, -0.15) is 0 Å². The fraction of sp³-hybridized carbons (Fsp3) is 0.444. The second-order valence-electron chi connectivity index (χ2n) is 6.00. The number of rotatable bonds is 6. The van der Waals surface area contributed by atoms with E-state index in [-0.39, 0.29) is 29.6 Å². The highest BCUT2D eigenvalue weighted by Crippen LogP contribution is 2.16. The van der Waals surface area contributed by atoms with Gasteiger partial charge >= 0.3 is 0 Å². The van der Waals surface area contributed by atoms with Gasteiger partial charge in [-0.25, -0.2) is 4.99 Å². The van der Waals surface area contributed by atoms with E-state index in [4.69, 9.17) is 4.74 Å². The normalized spacial score (nSPS) is 11.9. The summed E-state index contributed by atoms with van der Waals surface area (Å²) in [6.07, 6.45) is 1.82. The van der Waals surface area contributed by atoms with E-state index in [0.717, 1.165) is 29.0 Å². The number of fused-ring (bicyclic) bond motifs is 1. The first kappa shape index (κ1) is 20.6. The summed E-state index contributed by atoms with van der Waals surface area (Å²) in [5.74, 6) is 0.783. The van der Waals surface area contributed by atoms with E-state index < -0.39 is 0 Å². The Morgan fingerprint density at radius 3 is 2.67 bits per heavy atom. The van der Waals surface area contributed by atoms with Crippen LogP contribution in [0.5, 0.6) is 0 Å². The van der Waals surface area contributed by atoms with Gasteiger partial charge in [0.05, 0.1) is 17.7 Å². The Kier molecular flexibility index (Phi) is 8.41. The molecule has 6 heteroatoms. The number of aromatic nitrogens is 1. The largest absolute Gasteiger partial charge is 0.377 e. The number of nitrogens with one attached hydrogen (secondary N) is 2. The predicted octanol–water partition coefficient (Wildman–Crippen LogP) is 3.33. The van der Waals surface area contributed by atoms with Crippen molar-refractivity contribution in [1.29, 1.82) is 0 Å². The highest BCUT2D eigenvalue weighted by molar-refractivity contribution is 14.0. The molecule has 5 nitrogen and oxygen atoms in total. The van der Waals surface area contributed by atoms with Crippen molar-refractivity contribution in [3.8, 4) is 0 Å². The number of ether oxygens (including phenoxy) is 1. The van der Waals surface area contributed by atoms with Crippen LogP contribution in [0.1, 0.15) is 26.3 Å². The molecule has 0 saturated heterocycles. The quantitative estimate of drug-likeness (QED) is 0.410. The van der Waals surface area contributed by atoms with Crippen LogP contribution in [0, 0.1) is 0 Å². The zero-order chi connectivity index (χ0) is 16.7. The minimum atomic E-state index is -0.239. The molecule has 0 unspecified atom stereocenters. The molecule has 0 aliphatic rings. The summed E-state index contributed by atoms with van der Waals surface area (Å²) >= 11 is 0. The van der Waals surface area contributed by atoms with Crippen molar-refractivity contribution in [3.63, 3.8) is 0 Å². The summed E-state index contributed by atoms with van der Waals surface area (Å²) in [6.45, 7) is 8.21. The molecular formula is C18H27IN4O. The Labute approximate surface area is 161 Å². The number of hydrogen-bond acceptors (Lipinski definition) is 3. The van der Waals surface area contributed by atoms with Crippen LogP contribution in [-0.2, 0) is 11.3 Å². The third-order valence-corrected chi connectivity index (χ3v) is 3.70. The molecule has 0 bridgehead atoms. The van der Waals surface area contributed by atoms with Crippen LogP contribution in [0.4, 0.5) is 0 Å². The molecule has 0 amide bonds. The summed E-state index contributed by atoms with van der Waals surface area (Å²) < 4.78 is 5.43. The molecule has 1 aromatic heterocycles. The van der Waals surface area contributed by atoms with Crippen molar-refractivity contribution >= 4 is 40.8 Å². The highest BCUT2D eigenvalue weighted by atomic mass is 127. The molecule has 2 N–H and O–H groups in total. The fourth-order valence-electron chi connectivity index (χ4n) is 2.17. The van der Waals surface area contributed by atoms with Crippen molar-refractivity contribution in [1.82, 2.24) is 15.6 Å². The summed E-state index contributed by atoms with van der Waals surface area (Å²) in [4.78, 5) is 9.14. The second-order valence-corrected chi connectivity index (χ2v) is 6.00. The summed E-state index contributed by atoms with van der Waals surface area (Å²) in [5, 5.41) is 7.72. The number of methoxy groups -OCH3 is 1. The van der Waals surface area contributed by atoms with Crippen LogP contribution in [-0.4, -0.2) is 36.7 Å². The maximum Gasteiger partial charge on any atom is 0.191 e. The second kappa shape index (κ2) is 9.78. The Bertz CT molecular complexity index is 668. The van der Waals surface area contributed by atoms with Gasteiger partial charge in [-0.05, 0) is 32.4 Å². The number of pyridine rings is 1. The fourth-order valence-corrected chi connectivity index (χ4v) is 2.17. The SMILES string of the molecule is CCNC(=NCc1cccc2cccnc12)NCC(C)(C)OC.I. The number of nitrogens with zero attached hydrogens (tertiary/aromatic N) is 2. The van der Waals surface area contributed by atoms with E-state index in [9.17, 15) is 0 Å². The molecule has 0 atom stereocenters. The van der Waals surface area contributed by atoms with Crippen LogP contribution in [0.25, 0.3) is 10.9 Å². The Balaban J connectivity index is 0.00000288. The molecule has 1 heterocycles. The van der Waals surface area contributed by atoms with E-state index in [2.05, 4.69) is 45.7 Å². The van der Waals surface area contributed by atoms with Gasteiger partial charge in [0.1, 0.15) is 0 Å². The van der Waals surface area contributed by atoms with Crippen molar-refractivity contribution in [2.75, 3.05) is 20.2 Å². The maximum absolute atomic E-state index is 5.43. The van der Waals surface area contributed by atoms with Gasteiger partial charge in [0, 0.05) is 31.8 Å². The van der Waals surface area contributed by atoms with Gasteiger partial charge in [-0.1, -0.05) is 24.3 Å². The molecule has 0 saturated carbocycles. The Hall–Kier alpha value is -1.41. The predicted molar refractivity (Wildman–Crippen MR) is 111 cm³/mol. The molecule has 0 aliphatic heterocycles. The maximum atomic E-state index is 5.43.